The zero-order valence-corrected chi connectivity index (χ0v) is 15.6. The third-order valence-electron chi connectivity index (χ3n) is 3.32. The summed E-state index contributed by atoms with van der Waals surface area (Å²) in [5, 5.41) is 12.8. The molecule has 0 saturated carbocycles. The van der Waals surface area contributed by atoms with Crippen LogP contribution in [0.2, 0.25) is 10.0 Å². The van der Waals surface area contributed by atoms with Gasteiger partial charge in [-0.1, -0.05) is 23.2 Å². The highest BCUT2D eigenvalue weighted by Crippen LogP contribution is 2.41. The zero-order chi connectivity index (χ0) is 22.1. The maximum absolute atomic E-state index is 13.3. The molecular formula is C15H8Cl2F6N4O2. The standard InChI is InChI=1S/C15H8Cl2F6N4O2/c1-2-29-13(28)25-12-7(5-24)11(15(21,22)23)26-27(12)10-8(16)3-6(4-9(10)17)14(18,19)20/h3-4H,2H2,1H3,(H,25,28). The fourth-order valence-corrected chi connectivity index (χ4v) is 2.84. The molecule has 1 N–H and O–H groups in total. The van der Waals surface area contributed by atoms with E-state index in [4.69, 9.17) is 28.5 Å². The first-order chi connectivity index (χ1) is 13.3. The number of ether oxygens (including phenoxy) is 1. The third-order valence-corrected chi connectivity index (χ3v) is 3.89. The lowest BCUT2D eigenvalue weighted by Gasteiger charge is -2.14. The van der Waals surface area contributed by atoms with Crippen LogP contribution in [0, 0.1) is 11.3 Å². The number of anilines is 1. The zero-order valence-electron chi connectivity index (χ0n) is 14.0. The quantitative estimate of drug-likeness (QED) is 0.599. The second-order valence-electron chi connectivity index (χ2n) is 5.23. The molecule has 1 amide bonds. The van der Waals surface area contributed by atoms with Crippen LogP contribution in [-0.2, 0) is 17.1 Å². The summed E-state index contributed by atoms with van der Waals surface area (Å²) in [5.74, 6) is -0.832. The number of rotatable bonds is 3. The molecule has 156 valence electrons. The third kappa shape index (κ3) is 4.68. The van der Waals surface area contributed by atoms with Gasteiger partial charge in [0, 0.05) is 0 Å². The number of benzene rings is 1. The van der Waals surface area contributed by atoms with Gasteiger partial charge in [-0.15, -0.1) is 0 Å². The van der Waals surface area contributed by atoms with Crippen LogP contribution in [0.5, 0.6) is 0 Å². The van der Waals surface area contributed by atoms with E-state index in [1.807, 2.05) is 5.32 Å². The first-order valence-electron chi connectivity index (χ1n) is 7.42. The molecule has 29 heavy (non-hydrogen) atoms. The van der Waals surface area contributed by atoms with Crippen molar-refractivity contribution in [2.45, 2.75) is 19.3 Å². The molecule has 0 atom stereocenters. The molecule has 1 aromatic carbocycles. The van der Waals surface area contributed by atoms with Crippen molar-refractivity contribution >= 4 is 35.1 Å². The van der Waals surface area contributed by atoms with Crippen molar-refractivity contribution < 1.29 is 35.9 Å². The number of nitrogens with zero attached hydrogens (tertiary/aromatic N) is 3. The number of nitrogens with one attached hydrogen (secondary N) is 1. The van der Waals surface area contributed by atoms with Crippen LogP contribution in [0.4, 0.5) is 37.0 Å². The van der Waals surface area contributed by atoms with Gasteiger partial charge in [0.2, 0.25) is 0 Å². The number of hydrogen-bond donors (Lipinski definition) is 1. The Labute approximate surface area is 168 Å². The molecule has 14 heteroatoms. The Hall–Kier alpha value is -2.65. The van der Waals surface area contributed by atoms with Crippen molar-refractivity contribution in [3.63, 3.8) is 0 Å². The van der Waals surface area contributed by atoms with Crippen LogP contribution in [0.1, 0.15) is 23.7 Å². The molecule has 0 saturated heterocycles. The molecule has 2 aromatic rings. The van der Waals surface area contributed by atoms with Crippen molar-refractivity contribution in [1.29, 1.82) is 5.26 Å². The number of carbonyl (C=O) groups is 1. The van der Waals surface area contributed by atoms with Crippen LogP contribution in [-0.4, -0.2) is 22.5 Å². The van der Waals surface area contributed by atoms with Gasteiger partial charge in [-0.3, -0.25) is 5.32 Å². The Morgan fingerprint density at radius 3 is 2.17 bits per heavy atom. The number of hydrogen-bond acceptors (Lipinski definition) is 4. The Kier molecular flexibility index (Phi) is 6.24. The summed E-state index contributed by atoms with van der Waals surface area (Å²) < 4.78 is 83.4. The molecule has 0 bridgehead atoms. The van der Waals surface area contributed by atoms with Gasteiger partial charge in [-0.25, -0.2) is 9.48 Å². The fourth-order valence-electron chi connectivity index (χ4n) is 2.20. The van der Waals surface area contributed by atoms with Gasteiger partial charge in [0.1, 0.15) is 17.3 Å². The van der Waals surface area contributed by atoms with E-state index in [1.165, 1.54) is 13.0 Å². The van der Waals surface area contributed by atoms with Gasteiger partial charge >= 0.3 is 18.4 Å². The summed E-state index contributed by atoms with van der Waals surface area (Å²) >= 11 is 11.6. The van der Waals surface area contributed by atoms with E-state index in [9.17, 15) is 31.1 Å². The van der Waals surface area contributed by atoms with Gasteiger partial charge in [0.05, 0.1) is 22.2 Å². The van der Waals surface area contributed by atoms with Gasteiger partial charge in [-0.05, 0) is 19.1 Å². The minimum atomic E-state index is -5.13. The molecule has 0 aliphatic carbocycles. The smallest absolute Gasteiger partial charge is 0.436 e. The van der Waals surface area contributed by atoms with E-state index in [-0.39, 0.29) is 6.61 Å². The number of nitriles is 1. The highest BCUT2D eigenvalue weighted by Gasteiger charge is 2.41. The summed E-state index contributed by atoms with van der Waals surface area (Å²) in [5.41, 5.74) is -4.70. The monoisotopic (exact) mass is 460 g/mol. The van der Waals surface area contributed by atoms with Crippen molar-refractivity contribution in [1.82, 2.24) is 9.78 Å². The Bertz CT molecular complexity index is 971. The molecule has 1 aromatic heterocycles. The molecule has 2 rings (SSSR count). The van der Waals surface area contributed by atoms with Crippen LogP contribution >= 0.6 is 23.2 Å². The predicted octanol–water partition coefficient (Wildman–Crippen LogP) is 5.66. The van der Waals surface area contributed by atoms with Crippen molar-refractivity contribution in [2.24, 2.45) is 0 Å². The number of carbonyl (C=O) groups excluding carboxylic acids is 1. The van der Waals surface area contributed by atoms with E-state index in [1.54, 1.807) is 0 Å². The summed E-state index contributed by atoms with van der Waals surface area (Å²) in [6, 6.07) is 2.07. The molecule has 0 unspecified atom stereocenters. The summed E-state index contributed by atoms with van der Waals surface area (Å²) in [6.07, 6.45) is -11.2. The average Bonchev–Trinajstić information content (AvgIpc) is 2.92. The average molecular weight is 461 g/mol. The highest BCUT2D eigenvalue weighted by molar-refractivity contribution is 6.38. The molecule has 6 nitrogen and oxygen atoms in total. The Balaban J connectivity index is 2.80. The van der Waals surface area contributed by atoms with Gasteiger partial charge < -0.3 is 4.74 Å². The fraction of sp³-hybridized carbons (Fsp3) is 0.267. The molecule has 1 heterocycles. The molecule has 0 spiro atoms. The largest absolute Gasteiger partial charge is 0.450 e. The predicted molar refractivity (Wildman–Crippen MR) is 88.9 cm³/mol. The highest BCUT2D eigenvalue weighted by atomic mass is 35.5. The topological polar surface area (TPSA) is 79.9 Å². The second kappa shape index (κ2) is 8.00. The SMILES string of the molecule is CCOC(=O)Nc1c(C#N)c(C(F)(F)F)nn1-c1c(Cl)cc(C(F)(F)F)cc1Cl. The number of halogens is 8. The lowest BCUT2D eigenvalue weighted by Crippen LogP contribution is -2.17. The molecule has 0 aliphatic heterocycles. The molecule has 0 radical (unpaired) electrons. The maximum atomic E-state index is 13.3. The van der Waals surface area contributed by atoms with Crippen molar-refractivity contribution in [3.8, 4) is 11.8 Å². The van der Waals surface area contributed by atoms with E-state index >= 15 is 0 Å². The summed E-state index contributed by atoms with van der Waals surface area (Å²) in [7, 11) is 0. The molecule has 0 fully saturated rings. The Morgan fingerprint density at radius 1 is 1.21 bits per heavy atom. The second-order valence-corrected chi connectivity index (χ2v) is 6.04. The van der Waals surface area contributed by atoms with Crippen LogP contribution in [0.15, 0.2) is 12.1 Å². The maximum Gasteiger partial charge on any atom is 0.436 e. The number of alkyl halides is 6. The first kappa shape index (κ1) is 22.6. The van der Waals surface area contributed by atoms with E-state index in [0.29, 0.717) is 16.8 Å². The first-order valence-corrected chi connectivity index (χ1v) is 8.17. The van der Waals surface area contributed by atoms with E-state index in [0.717, 1.165) is 0 Å². The minimum Gasteiger partial charge on any atom is -0.450 e. The summed E-state index contributed by atoms with van der Waals surface area (Å²) in [6.45, 7) is 1.25. The van der Waals surface area contributed by atoms with Crippen molar-refractivity contribution in [2.75, 3.05) is 11.9 Å². The minimum absolute atomic E-state index is 0.157. The Morgan fingerprint density at radius 2 is 1.76 bits per heavy atom. The van der Waals surface area contributed by atoms with Gasteiger partial charge in [0.25, 0.3) is 0 Å². The molecule has 0 aliphatic rings. The lowest BCUT2D eigenvalue weighted by molar-refractivity contribution is -0.141. The normalized spacial score (nSPS) is 11.9. The van der Waals surface area contributed by atoms with Crippen LogP contribution in [0.25, 0.3) is 5.69 Å². The van der Waals surface area contributed by atoms with Gasteiger partial charge in [0.15, 0.2) is 11.5 Å². The van der Waals surface area contributed by atoms with Gasteiger partial charge in [-0.2, -0.15) is 36.7 Å². The van der Waals surface area contributed by atoms with E-state index in [2.05, 4.69) is 9.84 Å². The lowest BCUT2D eigenvalue weighted by atomic mass is 10.2. The van der Waals surface area contributed by atoms with Crippen LogP contribution in [0.3, 0.4) is 0 Å². The number of amides is 1. The van der Waals surface area contributed by atoms with Crippen molar-refractivity contribution in [3.05, 3.63) is 39.0 Å². The summed E-state index contributed by atoms with van der Waals surface area (Å²) in [4.78, 5) is 11.7. The molecular weight excluding hydrogens is 453 g/mol. The van der Waals surface area contributed by atoms with E-state index < -0.39 is 56.8 Å². The number of aromatic nitrogens is 2. The van der Waals surface area contributed by atoms with Crippen LogP contribution < -0.4 is 5.32 Å².